The van der Waals surface area contributed by atoms with E-state index in [1.165, 1.54) is 31.2 Å². The number of aromatic nitrogens is 1. The Balaban J connectivity index is 1.55. The Morgan fingerprint density at radius 1 is 1.09 bits per heavy atom. The van der Waals surface area contributed by atoms with Crippen molar-refractivity contribution in [3.63, 3.8) is 0 Å². The molecule has 0 radical (unpaired) electrons. The summed E-state index contributed by atoms with van der Waals surface area (Å²) in [6, 6.07) is 15.6. The molecule has 0 aliphatic heterocycles. The molecule has 1 heterocycles. The average Bonchev–Trinajstić information content (AvgIpc) is 2.57. The molecule has 3 heteroatoms. The maximum atomic E-state index is 5.15. The SMILES string of the molecule is COCc1cc(NC2CCC(c3ccccc3)CC2)ccn1. The summed E-state index contributed by atoms with van der Waals surface area (Å²) in [5.74, 6) is 0.723. The number of anilines is 1. The fraction of sp³-hybridized carbons (Fsp3) is 0.421. The third kappa shape index (κ3) is 3.86. The third-order valence-corrected chi connectivity index (χ3v) is 4.48. The Bertz CT molecular complexity index is 577. The summed E-state index contributed by atoms with van der Waals surface area (Å²) in [5, 5.41) is 3.66. The van der Waals surface area contributed by atoms with Crippen LogP contribution in [0, 0.1) is 0 Å². The zero-order chi connectivity index (χ0) is 15.2. The quantitative estimate of drug-likeness (QED) is 0.890. The Morgan fingerprint density at radius 3 is 2.59 bits per heavy atom. The molecule has 1 fully saturated rings. The van der Waals surface area contributed by atoms with Crippen LogP contribution in [0.5, 0.6) is 0 Å². The van der Waals surface area contributed by atoms with Crippen LogP contribution in [0.1, 0.15) is 42.9 Å². The van der Waals surface area contributed by atoms with Crippen LogP contribution in [0.25, 0.3) is 0 Å². The lowest BCUT2D eigenvalue weighted by molar-refractivity contribution is 0.181. The molecular weight excluding hydrogens is 272 g/mol. The summed E-state index contributed by atoms with van der Waals surface area (Å²) in [4.78, 5) is 4.31. The van der Waals surface area contributed by atoms with Crippen LogP contribution >= 0.6 is 0 Å². The van der Waals surface area contributed by atoms with Gasteiger partial charge in [-0.15, -0.1) is 0 Å². The van der Waals surface area contributed by atoms with E-state index in [0.717, 1.165) is 17.3 Å². The number of ether oxygens (including phenoxy) is 1. The molecule has 1 aliphatic rings. The van der Waals surface area contributed by atoms with Gasteiger partial charge in [0.1, 0.15) is 0 Å². The van der Waals surface area contributed by atoms with Crippen molar-refractivity contribution < 1.29 is 4.74 Å². The van der Waals surface area contributed by atoms with E-state index in [4.69, 9.17) is 4.74 Å². The first-order chi connectivity index (χ1) is 10.8. The minimum absolute atomic E-state index is 0.566. The average molecular weight is 296 g/mol. The van der Waals surface area contributed by atoms with Gasteiger partial charge in [-0.25, -0.2) is 0 Å². The van der Waals surface area contributed by atoms with Gasteiger partial charge in [0.2, 0.25) is 0 Å². The van der Waals surface area contributed by atoms with Crippen molar-refractivity contribution in [2.75, 3.05) is 12.4 Å². The highest BCUT2D eigenvalue weighted by molar-refractivity contribution is 5.44. The van der Waals surface area contributed by atoms with Crippen molar-refractivity contribution in [2.45, 2.75) is 44.2 Å². The molecule has 0 bridgehead atoms. The predicted molar refractivity (Wildman–Crippen MR) is 90.0 cm³/mol. The minimum atomic E-state index is 0.566. The maximum absolute atomic E-state index is 5.15. The number of hydrogen-bond acceptors (Lipinski definition) is 3. The van der Waals surface area contributed by atoms with E-state index < -0.39 is 0 Å². The standard InChI is InChI=1S/C19H24N2O/c1-22-14-19-13-18(11-12-20-19)21-17-9-7-16(8-10-17)15-5-3-2-4-6-15/h2-6,11-13,16-17H,7-10,14H2,1H3,(H,20,21). The Hall–Kier alpha value is -1.87. The van der Waals surface area contributed by atoms with Gasteiger partial charge in [-0.1, -0.05) is 30.3 Å². The van der Waals surface area contributed by atoms with Gasteiger partial charge in [0, 0.05) is 25.0 Å². The number of rotatable bonds is 5. The lowest BCUT2D eigenvalue weighted by Gasteiger charge is -2.30. The Kier molecular flexibility index (Phi) is 5.07. The molecule has 1 saturated carbocycles. The zero-order valence-corrected chi connectivity index (χ0v) is 13.2. The molecule has 3 rings (SSSR count). The monoisotopic (exact) mass is 296 g/mol. The molecule has 0 spiro atoms. The second-order valence-electron chi connectivity index (χ2n) is 6.07. The summed E-state index contributed by atoms with van der Waals surface area (Å²) in [6.07, 6.45) is 6.82. The van der Waals surface area contributed by atoms with Crippen LogP contribution in [0.3, 0.4) is 0 Å². The van der Waals surface area contributed by atoms with Crippen LogP contribution in [-0.4, -0.2) is 18.1 Å². The highest BCUT2D eigenvalue weighted by atomic mass is 16.5. The number of pyridine rings is 1. The van der Waals surface area contributed by atoms with Crippen molar-refractivity contribution in [3.05, 3.63) is 59.9 Å². The first kappa shape index (κ1) is 15.0. The fourth-order valence-corrected chi connectivity index (χ4v) is 3.33. The van der Waals surface area contributed by atoms with Gasteiger partial charge in [-0.3, -0.25) is 4.98 Å². The lowest BCUT2D eigenvalue weighted by Crippen LogP contribution is -2.25. The summed E-state index contributed by atoms with van der Waals surface area (Å²) < 4.78 is 5.15. The summed E-state index contributed by atoms with van der Waals surface area (Å²) in [5.41, 5.74) is 3.63. The Morgan fingerprint density at radius 2 is 1.86 bits per heavy atom. The van der Waals surface area contributed by atoms with E-state index in [2.05, 4.69) is 46.7 Å². The van der Waals surface area contributed by atoms with Gasteiger partial charge >= 0.3 is 0 Å². The van der Waals surface area contributed by atoms with Crippen LogP contribution < -0.4 is 5.32 Å². The number of hydrogen-bond donors (Lipinski definition) is 1. The molecule has 22 heavy (non-hydrogen) atoms. The van der Waals surface area contributed by atoms with Gasteiger partial charge in [0.25, 0.3) is 0 Å². The first-order valence-electron chi connectivity index (χ1n) is 8.10. The minimum Gasteiger partial charge on any atom is -0.382 e. The number of methoxy groups -OCH3 is 1. The first-order valence-corrected chi connectivity index (χ1v) is 8.10. The molecule has 0 unspecified atom stereocenters. The predicted octanol–water partition coefficient (Wildman–Crippen LogP) is 4.37. The van der Waals surface area contributed by atoms with Crippen molar-refractivity contribution in [1.82, 2.24) is 4.98 Å². The van der Waals surface area contributed by atoms with Gasteiger partial charge in [-0.05, 0) is 49.3 Å². The van der Waals surface area contributed by atoms with E-state index >= 15 is 0 Å². The second-order valence-corrected chi connectivity index (χ2v) is 6.07. The van der Waals surface area contributed by atoms with E-state index in [0.29, 0.717) is 12.6 Å². The van der Waals surface area contributed by atoms with Crippen molar-refractivity contribution in [3.8, 4) is 0 Å². The number of nitrogens with one attached hydrogen (secondary N) is 1. The number of nitrogens with zero attached hydrogens (tertiary/aromatic N) is 1. The zero-order valence-electron chi connectivity index (χ0n) is 13.2. The fourth-order valence-electron chi connectivity index (χ4n) is 3.33. The van der Waals surface area contributed by atoms with Crippen LogP contribution in [-0.2, 0) is 11.3 Å². The second kappa shape index (κ2) is 7.41. The third-order valence-electron chi connectivity index (χ3n) is 4.48. The molecule has 1 aromatic carbocycles. The van der Waals surface area contributed by atoms with Gasteiger partial charge < -0.3 is 10.1 Å². The van der Waals surface area contributed by atoms with Crippen LogP contribution in [0.4, 0.5) is 5.69 Å². The van der Waals surface area contributed by atoms with Gasteiger partial charge in [0.05, 0.1) is 12.3 Å². The molecule has 2 aromatic rings. The van der Waals surface area contributed by atoms with Crippen LogP contribution in [0.2, 0.25) is 0 Å². The maximum Gasteiger partial charge on any atom is 0.0884 e. The van der Waals surface area contributed by atoms with Crippen LogP contribution in [0.15, 0.2) is 48.7 Å². The molecule has 1 aliphatic carbocycles. The van der Waals surface area contributed by atoms with E-state index in [1.54, 1.807) is 7.11 Å². The molecular formula is C19H24N2O. The largest absolute Gasteiger partial charge is 0.382 e. The summed E-state index contributed by atoms with van der Waals surface area (Å²) in [6.45, 7) is 0.566. The van der Waals surface area contributed by atoms with Crippen molar-refractivity contribution in [1.29, 1.82) is 0 Å². The lowest BCUT2D eigenvalue weighted by atomic mass is 9.82. The molecule has 1 N–H and O–H groups in total. The van der Waals surface area contributed by atoms with Gasteiger partial charge in [-0.2, -0.15) is 0 Å². The van der Waals surface area contributed by atoms with Crippen molar-refractivity contribution in [2.24, 2.45) is 0 Å². The summed E-state index contributed by atoms with van der Waals surface area (Å²) in [7, 11) is 1.70. The molecule has 0 saturated heterocycles. The van der Waals surface area contributed by atoms with E-state index in [1.807, 2.05) is 12.3 Å². The smallest absolute Gasteiger partial charge is 0.0884 e. The topological polar surface area (TPSA) is 34.1 Å². The molecule has 0 atom stereocenters. The molecule has 116 valence electrons. The highest BCUT2D eigenvalue weighted by Gasteiger charge is 2.22. The molecule has 3 nitrogen and oxygen atoms in total. The molecule has 0 amide bonds. The summed E-state index contributed by atoms with van der Waals surface area (Å²) >= 11 is 0. The van der Waals surface area contributed by atoms with E-state index in [9.17, 15) is 0 Å². The molecule has 1 aromatic heterocycles. The van der Waals surface area contributed by atoms with Crippen molar-refractivity contribution >= 4 is 5.69 Å². The Labute approximate surface area is 132 Å². The normalized spacial score (nSPS) is 21.5. The highest BCUT2D eigenvalue weighted by Crippen LogP contribution is 2.33. The van der Waals surface area contributed by atoms with Gasteiger partial charge in [0.15, 0.2) is 0 Å². The number of benzene rings is 1. The van der Waals surface area contributed by atoms with E-state index in [-0.39, 0.29) is 0 Å².